The predicted molar refractivity (Wildman–Crippen MR) is 112 cm³/mol. The van der Waals surface area contributed by atoms with Crippen molar-refractivity contribution in [2.24, 2.45) is 0 Å². The van der Waals surface area contributed by atoms with Crippen LogP contribution in [0.1, 0.15) is 28.3 Å². The lowest BCUT2D eigenvalue weighted by atomic mass is 9.98. The molecule has 3 aromatic rings. The molecule has 1 unspecified atom stereocenters. The monoisotopic (exact) mass is 390 g/mol. The Morgan fingerprint density at radius 1 is 1.34 bits per heavy atom. The third kappa shape index (κ3) is 3.31. The Hall–Kier alpha value is -3.41. The van der Waals surface area contributed by atoms with Crippen LogP contribution >= 0.6 is 0 Å². The van der Waals surface area contributed by atoms with Gasteiger partial charge in [0.1, 0.15) is 5.82 Å². The van der Waals surface area contributed by atoms with Gasteiger partial charge in [0.15, 0.2) is 0 Å². The number of allylic oxidation sites excluding steroid dienone is 1. The van der Waals surface area contributed by atoms with Gasteiger partial charge in [-0.2, -0.15) is 0 Å². The molecule has 1 fully saturated rings. The molecule has 5 nitrogen and oxygen atoms in total. The normalized spacial score (nSPS) is 16.2. The van der Waals surface area contributed by atoms with Crippen molar-refractivity contribution in [1.29, 1.82) is 0 Å². The fourth-order valence-electron chi connectivity index (χ4n) is 4.03. The zero-order valence-corrected chi connectivity index (χ0v) is 16.4. The van der Waals surface area contributed by atoms with Crippen molar-refractivity contribution in [2.45, 2.75) is 12.3 Å². The highest BCUT2D eigenvalue weighted by atomic mass is 19.1. The minimum atomic E-state index is -0.436. The highest BCUT2D eigenvalue weighted by Gasteiger charge is 2.27. The molecule has 0 spiro atoms. The fourth-order valence-corrected chi connectivity index (χ4v) is 4.03. The van der Waals surface area contributed by atoms with Crippen LogP contribution in [-0.4, -0.2) is 40.3 Å². The van der Waals surface area contributed by atoms with Crippen molar-refractivity contribution >= 4 is 11.4 Å². The maximum Gasteiger partial charge on any atom is 0.251 e. The Morgan fingerprint density at radius 2 is 2.17 bits per heavy atom. The molecule has 0 radical (unpaired) electrons. The average Bonchev–Trinajstić information content (AvgIpc) is 3.37. The van der Waals surface area contributed by atoms with E-state index in [0.29, 0.717) is 17.0 Å². The van der Waals surface area contributed by atoms with Crippen LogP contribution in [0.3, 0.4) is 0 Å². The van der Waals surface area contributed by atoms with Crippen LogP contribution in [0.2, 0.25) is 0 Å². The lowest BCUT2D eigenvalue weighted by Crippen LogP contribution is -2.17. The number of nitrogens with zero attached hydrogens (tertiary/aromatic N) is 3. The number of carbonyl (C=O) groups excluding carboxylic acids is 1. The van der Waals surface area contributed by atoms with Gasteiger partial charge in [0.2, 0.25) is 0 Å². The number of aromatic nitrogens is 2. The summed E-state index contributed by atoms with van der Waals surface area (Å²) in [6, 6.07) is 8.56. The van der Waals surface area contributed by atoms with Crippen LogP contribution in [0.5, 0.6) is 0 Å². The Morgan fingerprint density at radius 3 is 2.90 bits per heavy atom. The summed E-state index contributed by atoms with van der Waals surface area (Å²) >= 11 is 0. The lowest BCUT2D eigenvalue weighted by Gasteiger charge is -2.18. The zero-order chi connectivity index (χ0) is 20.5. The first-order chi connectivity index (χ1) is 14.0. The summed E-state index contributed by atoms with van der Waals surface area (Å²) < 4.78 is 16.8. The van der Waals surface area contributed by atoms with Crippen LogP contribution in [0.15, 0.2) is 67.8 Å². The first-order valence-corrected chi connectivity index (χ1v) is 9.56. The fraction of sp³-hybridized carbons (Fsp3) is 0.217. The molecular formula is C23H23FN4O. The molecule has 0 aliphatic carbocycles. The number of nitrogens with one attached hydrogen (secondary N) is 1. The number of rotatable bonds is 5. The molecular weight excluding hydrogens is 367 g/mol. The summed E-state index contributed by atoms with van der Waals surface area (Å²) in [7, 11) is 1.53. The minimum absolute atomic E-state index is 0.294. The minimum Gasteiger partial charge on any atom is -0.371 e. The van der Waals surface area contributed by atoms with Gasteiger partial charge in [0, 0.05) is 49.1 Å². The highest BCUT2D eigenvalue weighted by molar-refractivity contribution is 5.94. The summed E-state index contributed by atoms with van der Waals surface area (Å²) in [5.41, 5.74) is 4.57. The van der Waals surface area contributed by atoms with E-state index in [4.69, 9.17) is 0 Å². The van der Waals surface area contributed by atoms with E-state index < -0.39 is 5.82 Å². The Bertz CT molecular complexity index is 1120. The van der Waals surface area contributed by atoms with E-state index in [1.165, 1.54) is 13.1 Å². The molecule has 1 aromatic carbocycles. The van der Waals surface area contributed by atoms with Crippen LogP contribution in [0.25, 0.3) is 16.8 Å². The van der Waals surface area contributed by atoms with E-state index in [9.17, 15) is 9.18 Å². The van der Waals surface area contributed by atoms with Crippen LogP contribution in [0, 0.1) is 5.82 Å². The lowest BCUT2D eigenvalue weighted by molar-refractivity contribution is 0.0962. The number of fused-ring (bicyclic) bond motifs is 1. The maximum atomic E-state index is 14.9. The summed E-state index contributed by atoms with van der Waals surface area (Å²) in [6.07, 6.45) is 6.23. The van der Waals surface area contributed by atoms with Crippen molar-refractivity contribution in [3.8, 4) is 11.3 Å². The molecule has 0 bridgehead atoms. The summed E-state index contributed by atoms with van der Waals surface area (Å²) in [5.74, 6) is -0.439. The van der Waals surface area contributed by atoms with E-state index in [-0.39, 0.29) is 5.91 Å². The molecule has 1 aliphatic heterocycles. The third-order valence-electron chi connectivity index (χ3n) is 5.61. The Balaban J connectivity index is 1.77. The molecule has 1 saturated heterocycles. The number of hydrogen-bond acceptors (Lipinski definition) is 3. The van der Waals surface area contributed by atoms with Gasteiger partial charge < -0.3 is 10.2 Å². The van der Waals surface area contributed by atoms with E-state index in [2.05, 4.69) is 28.4 Å². The maximum absolute atomic E-state index is 14.9. The molecule has 1 N–H and O–H groups in total. The molecule has 29 heavy (non-hydrogen) atoms. The smallest absolute Gasteiger partial charge is 0.251 e. The van der Waals surface area contributed by atoms with Crippen LogP contribution in [-0.2, 0) is 0 Å². The predicted octanol–water partition coefficient (Wildman–Crippen LogP) is 3.99. The number of halogens is 1. The standard InChI is InChI=1S/C23H23FN4O/c1-4-15(2)27-10-8-17(13-27)19-12-22(28-14-26-9-7-21(19)28)18-6-5-16(11-20(18)24)23(29)25-3/h4-7,9,11-12,14,17H,1-2,8,10,13H2,3H3,(H,25,29). The first-order valence-electron chi connectivity index (χ1n) is 9.56. The Kier molecular flexibility index (Phi) is 4.92. The zero-order valence-electron chi connectivity index (χ0n) is 16.4. The topological polar surface area (TPSA) is 49.6 Å². The SMILES string of the molecule is C=CC(=C)N1CCC(c2cc(-c3ccc(C(=O)NC)cc3F)n3cnccc23)C1. The third-order valence-corrected chi connectivity index (χ3v) is 5.61. The van der Waals surface area contributed by atoms with E-state index >= 15 is 0 Å². The van der Waals surface area contributed by atoms with Gasteiger partial charge in [-0.1, -0.05) is 13.2 Å². The molecule has 1 aliphatic rings. The number of likely N-dealkylation sites (tertiary alicyclic amines) is 1. The second-order valence-electron chi connectivity index (χ2n) is 7.22. The summed E-state index contributed by atoms with van der Waals surface area (Å²) in [6.45, 7) is 9.63. The summed E-state index contributed by atoms with van der Waals surface area (Å²) in [5, 5.41) is 2.52. The molecule has 3 heterocycles. The van der Waals surface area contributed by atoms with Gasteiger partial charge in [0.05, 0.1) is 17.5 Å². The highest BCUT2D eigenvalue weighted by Crippen LogP contribution is 2.36. The Labute approximate surface area is 169 Å². The molecule has 0 saturated carbocycles. The van der Waals surface area contributed by atoms with Crippen molar-refractivity contribution < 1.29 is 9.18 Å². The van der Waals surface area contributed by atoms with Crippen LogP contribution in [0.4, 0.5) is 4.39 Å². The van der Waals surface area contributed by atoms with E-state index in [1.54, 1.807) is 30.7 Å². The second-order valence-corrected chi connectivity index (χ2v) is 7.22. The van der Waals surface area contributed by atoms with Crippen molar-refractivity contribution in [3.05, 3.63) is 84.7 Å². The molecule has 2 aromatic heterocycles. The molecule has 1 amide bonds. The number of carbonyl (C=O) groups is 1. The first kappa shape index (κ1) is 18.9. The van der Waals surface area contributed by atoms with E-state index in [0.717, 1.165) is 42.0 Å². The molecule has 1 atom stereocenters. The summed E-state index contributed by atoms with van der Waals surface area (Å²) in [4.78, 5) is 18.2. The number of amides is 1. The molecule has 148 valence electrons. The number of benzene rings is 1. The van der Waals surface area contributed by atoms with Gasteiger partial charge in [0.25, 0.3) is 5.91 Å². The molecule has 6 heteroatoms. The number of hydrogen-bond donors (Lipinski definition) is 1. The largest absolute Gasteiger partial charge is 0.371 e. The van der Waals surface area contributed by atoms with Crippen molar-refractivity contribution in [3.63, 3.8) is 0 Å². The van der Waals surface area contributed by atoms with Gasteiger partial charge in [-0.15, -0.1) is 0 Å². The van der Waals surface area contributed by atoms with Crippen molar-refractivity contribution in [2.75, 3.05) is 20.1 Å². The van der Waals surface area contributed by atoms with Gasteiger partial charge in [-0.05, 0) is 48.4 Å². The van der Waals surface area contributed by atoms with E-state index in [1.807, 2.05) is 16.5 Å². The van der Waals surface area contributed by atoms with Crippen LogP contribution < -0.4 is 5.32 Å². The average molecular weight is 390 g/mol. The van der Waals surface area contributed by atoms with Gasteiger partial charge in [-0.25, -0.2) is 9.37 Å². The second kappa shape index (κ2) is 7.54. The van der Waals surface area contributed by atoms with Gasteiger partial charge >= 0.3 is 0 Å². The molecule has 4 rings (SSSR count). The van der Waals surface area contributed by atoms with Gasteiger partial charge in [-0.3, -0.25) is 9.20 Å². The quantitative estimate of drug-likeness (QED) is 0.670. The van der Waals surface area contributed by atoms with Crippen molar-refractivity contribution in [1.82, 2.24) is 19.6 Å².